The second-order valence-corrected chi connectivity index (χ2v) is 8.03. The Morgan fingerprint density at radius 1 is 0.839 bits per heavy atom. The zero-order valence-electron chi connectivity index (χ0n) is 16.6. The van der Waals surface area contributed by atoms with Crippen molar-refractivity contribution in [1.82, 2.24) is 19.3 Å². The number of hydrogen-bond donors (Lipinski definition) is 1. The Balaban J connectivity index is 1.66. The van der Waals surface area contributed by atoms with Gasteiger partial charge >= 0.3 is 0 Å². The highest BCUT2D eigenvalue weighted by Crippen LogP contribution is 2.35. The van der Waals surface area contributed by atoms with Crippen LogP contribution in [0.1, 0.15) is 5.56 Å². The second kappa shape index (κ2) is 8.38. The molecule has 0 amide bonds. The van der Waals surface area contributed by atoms with Gasteiger partial charge in [0.1, 0.15) is 6.33 Å². The van der Waals surface area contributed by atoms with Crippen LogP contribution in [0.2, 0.25) is 5.02 Å². The predicted octanol–water partition coefficient (Wildman–Crippen LogP) is 6.77. The molecule has 1 N–H and O–H groups in total. The molecular weight excluding hydrogens is 424 g/mol. The molecule has 0 bridgehead atoms. The Labute approximate surface area is 190 Å². The minimum Gasteiger partial charge on any atom is -0.359 e. The summed E-state index contributed by atoms with van der Waals surface area (Å²) >= 11 is 12.0. The molecule has 5 rings (SSSR count). The molecule has 0 unspecified atom stereocenters. The van der Waals surface area contributed by atoms with Crippen LogP contribution in [0.3, 0.4) is 0 Å². The Bertz CT molecular complexity index is 1370. The van der Waals surface area contributed by atoms with Gasteiger partial charge in [0.25, 0.3) is 0 Å². The van der Waals surface area contributed by atoms with Crippen LogP contribution >= 0.6 is 23.8 Å². The topological polar surface area (TPSA) is 38.5 Å². The summed E-state index contributed by atoms with van der Waals surface area (Å²) in [6.45, 7) is 0.619. The highest BCUT2D eigenvalue weighted by atomic mass is 35.5. The Hall–Kier alpha value is -3.41. The minimum absolute atomic E-state index is 0.619. The summed E-state index contributed by atoms with van der Waals surface area (Å²) < 4.78 is 4.45. The maximum Gasteiger partial charge on any atom is 0.202 e. The molecule has 0 spiro atoms. The van der Waals surface area contributed by atoms with Crippen molar-refractivity contribution in [2.75, 3.05) is 0 Å². The molecule has 0 radical (unpaired) electrons. The fourth-order valence-electron chi connectivity index (χ4n) is 3.70. The number of halogens is 1. The third-order valence-corrected chi connectivity index (χ3v) is 5.88. The zero-order chi connectivity index (χ0) is 21.2. The maximum absolute atomic E-state index is 6.12. The average Bonchev–Trinajstić information content (AvgIpc) is 3.39. The van der Waals surface area contributed by atoms with E-state index in [-0.39, 0.29) is 0 Å². The van der Waals surface area contributed by atoms with Gasteiger partial charge in [-0.1, -0.05) is 84.4 Å². The van der Waals surface area contributed by atoms with Gasteiger partial charge in [-0.25, -0.2) is 4.68 Å². The molecule has 0 saturated carbocycles. The van der Waals surface area contributed by atoms with Gasteiger partial charge in [-0.05, 0) is 35.5 Å². The van der Waals surface area contributed by atoms with Crippen LogP contribution in [0.25, 0.3) is 28.1 Å². The highest BCUT2D eigenvalue weighted by Gasteiger charge is 2.18. The van der Waals surface area contributed by atoms with Crippen LogP contribution in [0.4, 0.5) is 0 Å². The lowest BCUT2D eigenvalue weighted by atomic mass is 10.0. The van der Waals surface area contributed by atoms with Gasteiger partial charge in [0.15, 0.2) is 0 Å². The minimum atomic E-state index is 0.619. The van der Waals surface area contributed by atoms with E-state index in [2.05, 4.69) is 34.3 Å². The summed E-state index contributed by atoms with van der Waals surface area (Å²) in [4.78, 5) is 3.45. The van der Waals surface area contributed by atoms with E-state index in [0.29, 0.717) is 16.3 Å². The lowest BCUT2D eigenvalue weighted by molar-refractivity contribution is 0.672. The standard InChI is InChI=1S/C25H19ClN4S/c26-21-13-11-20(12-14-21)23-24(22(15-27-23)19-9-5-2-6-10-19)29-17-28-30(25(29)31)16-18-7-3-1-4-8-18/h1-15,17,27H,16H2. The van der Waals surface area contributed by atoms with Crippen molar-refractivity contribution in [1.29, 1.82) is 0 Å². The molecule has 2 heterocycles. The third-order valence-electron chi connectivity index (χ3n) is 5.22. The van der Waals surface area contributed by atoms with Crippen LogP contribution in [-0.4, -0.2) is 19.3 Å². The maximum atomic E-state index is 6.12. The molecule has 0 atom stereocenters. The van der Waals surface area contributed by atoms with Gasteiger partial charge in [0.2, 0.25) is 4.77 Å². The van der Waals surface area contributed by atoms with Crippen LogP contribution in [0.15, 0.2) is 97.5 Å². The molecule has 5 aromatic rings. The molecule has 0 aliphatic carbocycles. The summed E-state index contributed by atoms with van der Waals surface area (Å²) in [5.41, 5.74) is 6.27. The summed E-state index contributed by atoms with van der Waals surface area (Å²) in [5, 5.41) is 5.29. The van der Waals surface area contributed by atoms with E-state index in [1.807, 2.05) is 76.1 Å². The van der Waals surface area contributed by atoms with Crippen LogP contribution in [0, 0.1) is 4.77 Å². The largest absolute Gasteiger partial charge is 0.359 e. The average molecular weight is 443 g/mol. The van der Waals surface area contributed by atoms with Gasteiger partial charge < -0.3 is 4.98 Å². The molecule has 0 aliphatic heterocycles. The molecule has 0 fully saturated rings. The number of aromatic amines is 1. The first kappa shape index (κ1) is 19.5. The number of nitrogens with one attached hydrogen (secondary N) is 1. The number of hydrogen-bond acceptors (Lipinski definition) is 2. The predicted molar refractivity (Wildman–Crippen MR) is 128 cm³/mol. The molecule has 31 heavy (non-hydrogen) atoms. The lowest BCUT2D eigenvalue weighted by Crippen LogP contribution is -2.03. The molecular formula is C25H19ClN4S. The van der Waals surface area contributed by atoms with Crippen LogP contribution < -0.4 is 0 Å². The molecule has 0 saturated heterocycles. The van der Waals surface area contributed by atoms with Crippen molar-refractivity contribution >= 4 is 23.8 Å². The number of benzene rings is 3. The summed E-state index contributed by atoms with van der Waals surface area (Å²) in [6.07, 6.45) is 3.81. The van der Waals surface area contributed by atoms with Gasteiger partial charge in [-0.3, -0.25) is 4.57 Å². The van der Waals surface area contributed by atoms with Gasteiger partial charge in [-0.15, -0.1) is 0 Å². The van der Waals surface area contributed by atoms with E-state index in [4.69, 9.17) is 23.8 Å². The molecule has 3 aromatic carbocycles. The molecule has 0 aliphatic rings. The summed E-state index contributed by atoms with van der Waals surface area (Å²) in [5.74, 6) is 0. The number of aromatic nitrogens is 4. The van der Waals surface area contributed by atoms with Crippen molar-refractivity contribution < 1.29 is 0 Å². The van der Waals surface area contributed by atoms with Crippen molar-refractivity contribution in [2.45, 2.75) is 6.54 Å². The molecule has 152 valence electrons. The quantitative estimate of drug-likeness (QED) is 0.305. The highest BCUT2D eigenvalue weighted by molar-refractivity contribution is 7.71. The Morgan fingerprint density at radius 2 is 1.52 bits per heavy atom. The zero-order valence-corrected chi connectivity index (χ0v) is 18.1. The molecule has 4 nitrogen and oxygen atoms in total. The summed E-state index contributed by atoms with van der Waals surface area (Å²) in [7, 11) is 0. The number of nitrogens with zero attached hydrogens (tertiary/aromatic N) is 3. The first-order valence-corrected chi connectivity index (χ1v) is 10.7. The van der Waals surface area contributed by atoms with E-state index >= 15 is 0 Å². The van der Waals surface area contributed by atoms with Gasteiger partial charge in [0, 0.05) is 22.3 Å². The van der Waals surface area contributed by atoms with E-state index in [0.717, 1.165) is 33.6 Å². The Morgan fingerprint density at radius 3 is 2.23 bits per heavy atom. The van der Waals surface area contributed by atoms with E-state index in [1.165, 1.54) is 0 Å². The monoisotopic (exact) mass is 442 g/mol. The smallest absolute Gasteiger partial charge is 0.202 e. The third kappa shape index (κ3) is 3.85. The van der Waals surface area contributed by atoms with Crippen molar-refractivity contribution in [3.8, 4) is 28.1 Å². The van der Waals surface area contributed by atoms with Gasteiger partial charge in [-0.2, -0.15) is 5.10 Å². The van der Waals surface area contributed by atoms with Crippen LogP contribution in [0.5, 0.6) is 0 Å². The van der Waals surface area contributed by atoms with E-state index in [1.54, 1.807) is 6.33 Å². The fraction of sp³-hybridized carbons (Fsp3) is 0.0400. The fourth-order valence-corrected chi connectivity index (χ4v) is 4.07. The van der Waals surface area contributed by atoms with Gasteiger partial charge in [0.05, 0.1) is 17.9 Å². The number of rotatable bonds is 5. The van der Waals surface area contributed by atoms with Crippen molar-refractivity contribution in [3.63, 3.8) is 0 Å². The SMILES string of the molecule is S=c1n(-c2c(-c3ccccc3)c[nH]c2-c2ccc(Cl)cc2)cnn1Cc1ccccc1. The van der Waals surface area contributed by atoms with Crippen molar-refractivity contribution in [2.24, 2.45) is 0 Å². The first-order chi connectivity index (χ1) is 15.2. The lowest BCUT2D eigenvalue weighted by Gasteiger charge is -2.09. The normalized spacial score (nSPS) is 11.0. The first-order valence-electron chi connectivity index (χ1n) is 9.92. The molecule has 2 aromatic heterocycles. The molecule has 6 heteroatoms. The number of H-pyrrole nitrogens is 1. The van der Waals surface area contributed by atoms with E-state index in [9.17, 15) is 0 Å². The summed E-state index contributed by atoms with van der Waals surface area (Å²) in [6, 6.07) is 28.3. The Kier molecular flexibility index (Phi) is 5.28. The second-order valence-electron chi connectivity index (χ2n) is 7.23. The van der Waals surface area contributed by atoms with E-state index < -0.39 is 0 Å². The van der Waals surface area contributed by atoms with Crippen molar-refractivity contribution in [3.05, 3.63) is 113 Å². The van der Waals surface area contributed by atoms with Crippen LogP contribution in [-0.2, 0) is 6.54 Å².